The van der Waals surface area contributed by atoms with Gasteiger partial charge >= 0.3 is 0 Å². The Morgan fingerprint density at radius 3 is 2.57 bits per heavy atom. The van der Waals surface area contributed by atoms with E-state index in [2.05, 4.69) is 10.2 Å². The van der Waals surface area contributed by atoms with E-state index in [1.807, 2.05) is 26.0 Å². The predicted molar refractivity (Wildman–Crippen MR) is 113 cm³/mol. The summed E-state index contributed by atoms with van der Waals surface area (Å²) in [4.78, 5) is 4.74. The fourth-order valence-corrected chi connectivity index (χ4v) is 3.43. The van der Waals surface area contributed by atoms with Crippen LogP contribution in [0, 0.1) is 6.92 Å². The van der Waals surface area contributed by atoms with E-state index in [1.54, 1.807) is 25.3 Å². The molecule has 6 nitrogen and oxygen atoms in total. The van der Waals surface area contributed by atoms with Crippen molar-refractivity contribution in [2.75, 3.05) is 13.7 Å². The van der Waals surface area contributed by atoms with E-state index in [4.69, 9.17) is 26.1 Å². The monoisotopic (exact) mass is 419 g/mol. The van der Waals surface area contributed by atoms with E-state index in [-0.39, 0.29) is 23.2 Å². The molecule has 0 saturated heterocycles. The van der Waals surface area contributed by atoms with Crippen molar-refractivity contribution < 1.29 is 14.6 Å². The van der Waals surface area contributed by atoms with Gasteiger partial charge in [0.1, 0.15) is 5.75 Å². The SMILES string of the molecule is CCOc1cc2c(cc1OC)c(-c1ccc(O)c(Cl)c1)nc1n[nH]c(C)c12.Cl. The van der Waals surface area contributed by atoms with E-state index < -0.39 is 0 Å². The van der Waals surface area contributed by atoms with Crippen LogP contribution in [0.4, 0.5) is 0 Å². The third-order valence-corrected chi connectivity index (χ3v) is 4.80. The molecule has 4 rings (SSSR count). The number of aromatic nitrogens is 3. The third-order valence-electron chi connectivity index (χ3n) is 4.50. The number of aromatic hydroxyl groups is 1. The Labute approximate surface area is 172 Å². The van der Waals surface area contributed by atoms with E-state index in [0.29, 0.717) is 29.4 Å². The summed E-state index contributed by atoms with van der Waals surface area (Å²) < 4.78 is 11.3. The van der Waals surface area contributed by atoms with Gasteiger partial charge in [0.2, 0.25) is 0 Å². The van der Waals surface area contributed by atoms with Crippen molar-refractivity contribution in [3.8, 4) is 28.5 Å². The maximum absolute atomic E-state index is 9.75. The summed E-state index contributed by atoms with van der Waals surface area (Å²) in [5.74, 6) is 1.31. The molecule has 0 bridgehead atoms. The van der Waals surface area contributed by atoms with Crippen LogP contribution in [0.15, 0.2) is 30.3 Å². The van der Waals surface area contributed by atoms with Gasteiger partial charge in [-0.3, -0.25) is 5.10 Å². The Bertz CT molecular complexity index is 1170. The summed E-state index contributed by atoms with van der Waals surface area (Å²) in [6, 6.07) is 8.88. The number of aromatic amines is 1. The lowest BCUT2D eigenvalue weighted by Crippen LogP contribution is -1.97. The van der Waals surface area contributed by atoms with Crippen LogP contribution in [0.3, 0.4) is 0 Å². The number of nitrogens with zero attached hydrogens (tertiary/aromatic N) is 2. The van der Waals surface area contributed by atoms with Gasteiger partial charge in [0.15, 0.2) is 17.1 Å². The van der Waals surface area contributed by atoms with Gasteiger partial charge in [-0.05, 0) is 44.2 Å². The zero-order valence-corrected chi connectivity index (χ0v) is 17.1. The molecule has 0 spiro atoms. The van der Waals surface area contributed by atoms with Crippen molar-refractivity contribution in [1.82, 2.24) is 15.2 Å². The number of aryl methyl sites for hydroxylation is 1. The number of phenols is 1. The van der Waals surface area contributed by atoms with Gasteiger partial charge in [-0.15, -0.1) is 12.4 Å². The number of nitrogens with one attached hydrogen (secondary N) is 1. The Kier molecular flexibility index (Phi) is 5.54. The average Bonchev–Trinajstić information content (AvgIpc) is 3.04. The highest BCUT2D eigenvalue weighted by Crippen LogP contribution is 2.41. The first kappa shape index (κ1) is 20.0. The second kappa shape index (κ2) is 7.73. The number of hydrogen-bond acceptors (Lipinski definition) is 5. The molecule has 28 heavy (non-hydrogen) atoms. The van der Waals surface area contributed by atoms with E-state index in [1.165, 1.54) is 0 Å². The maximum atomic E-state index is 9.75. The molecule has 0 unspecified atom stereocenters. The van der Waals surface area contributed by atoms with Crippen molar-refractivity contribution in [3.63, 3.8) is 0 Å². The first-order chi connectivity index (χ1) is 13.0. The normalized spacial score (nSPS) is 10.9. The highest BCUT2D eigenvalue weighted by atomic mass is 35.5. The van der Waals surface area contributed by atoms with Gasteiger partial charge in [0, 0.05) is 27.4 Å². The number of H-pyrrole nitrogens is 1. The van der Waals surface area contributed by atoms with E-state index >= 15 is 0 Å². The van der Waals surface area contributed by atoms with Crippen molar-refractivity contribution in [1.29, 1.82) is 0 Å². The molecule has 146 valence electrons. The minimum absolute atomic E-state index is 0. The number of methoxy groups -OCH3 is 1. The number of halogens is 2. The van der Waals surface area contributed by atoms with Gasteiger partial charge in [0.25, 0.3) is 0 Å². The summed E-state index contributed by atoms with van der Waals surface area (Å²) in [6.45, 7) is 4.41. The molecular weight excluding hydrogens is 401 g/mol. The number of hydrogen-bond donors (Lipinski definition) is 2. The van der Waals surface area contributed by atoms with E-state index in [9.17, 15) is 5.11 Å². The number of fused-ring (bicyclic) bond motifs is 3. The molecular formula is C20H19Cl2N3O3. The fraction of sp³-hybridized carbons (Fsp3) is 0.200. The zero-order chi connectivity index (χ0) is 19.1. The number of ether oxygens (including phenoxy) is 2. The molecule has 0 fully saturated rings. The van der Waals surface area contributed by atoms with Crippen molar-refractivity contribution in [3.05, 3.63) is 41.0 Å². The second-order valence-corrected chi connectivity index (χ2v) is 6.56. The molecule has 8 heteroatoms. The lowest BCUT2D eigenvalue weighted by Gasteiger charge is -2.14. The van der Waals surface area contributed by atoms with Gasteiger partial charge in [-0.1, -0.05) is 11.6 Å². The minimum atomic E-state index is 0. The lowest BCUT2D eigenvalue weighted by atomic mass is 10.00. The Morgan fingerprint density at radius 1 is 1.14 bits per heavy atom. The largest absolute Gasteiger partial charge is 0.506 e. The Morgan fingerprint density at radius 2 is 1.89 bits per heavy atom. The second-order valence-electron chi connectivity index (χ2n) is 6.16. The van der Waals surface area contributed by atoms with Crippen LogP contribution in [-0.2, 0) is 0 Å². The van der Waals surface area contributed by atoms with Crippen LogP contribution in [0.2, 0.25) is 5.02 Å². The molecule has 2 N–H and O–H groups in total. The molecule has 2 aromatic carbocycles. The van der Waals surface area contributed by atoms with Crippen LogP contribution >= 0.6 is 24.0 Å². The van der Waals surface area contributed by atoms with Gasteiger partial charge in [-0.2, -0.15) is 5.10 Å². The molecule has 4 aromatic rings. The zero-order valence-electron chi connectivity index (χ0n) is 15.5. The molecule has 0 aliphatic heterocycles. The molecule has 2 heterocycles. The van der Waals surface area contributed by atoms with Gasteiger partial charge in [-0.25, -0.2) is 4.98 Å². The summed E-state index contributed by atoms with van der Waals surface area (Å²) >= 11 is 6.12. The molecule has 0 saturated carbocycles. The van der Waals surface area contributed by atoms with Crippen LogP contribution in [-0.4, -0.2) is 34.0 Å². The first-order valence-corrected chi connectivity index (χ1v) is 8.89. The number of benzene rings is 2. The number of phenolic OH excluding ortho intramolecular Hbond substituents is 1. The van der Waals surface area contributed by atoms with Crippen molar-refractivity contribution >= 4 is 45.8 Å². The van der Waals surface area contributed by atoms with Crippen LogP contribution in [0.25, 0.3) is 33.1 Å². The van der Waals surface area contributed by atoms with Crippen molar-refractivity contribution in [2.45, 2.75) is 13.8 Å². The smallest absolute Gasteiger partial charge is 0.182 e. The average molecular weight is 420 g/mol. The summed E-state index contributed by atoms with van der Waals surface area (Å²) in [6.07, 6.45) is 0. The standard InChI is InChI=1S/C20H18ClN3O3.ClH/c1-4-27-17-8-12-13(9-16(17)26-3)19(11-5-6-15(25)14(21)7-11)22-20-18(12)10(2)23-24-20;/h5-9,25H,4H2,1-3H3,(H,22,23,24);1H. The summed E-state index contributed by atoms with van der Waals surface area (Å²) in [5, 5.41) is 20.1. The van der Waals surface area contributed by atoms with Gasteiger partial charge < -0.3 is 14.6 Å². The summed E-state index contributed by atoms with van der Waals surface area (Å²) in [5.41, 5.74) is 3.00. The first-order valence-electron chi connectivity index (χ1n) is 8.51. The highest BCUT2D eigenvalue weighted by Gasteiger charge is 2.18. The molecule has 0 amide bonds. The molecule has 0 atom stereocenters. The third kappa shape index (κ3) is 3.19. The molecule has 0 aliphatic rings. The van der Waals surface area contributed by atoms with Crippen LogP contribution < -0.4 is 9.47 Å². The molecule has 0 aliphatic carbocycles. The Balaban J connectivity index is 0.00000225. The number of rotatable bonds is 4. The van der Waals surface area contributed by atoms with Crippen LogP contribution in [0.1, 0.15) is 12.6 Å². The molecule has 2 aromatic heterocycles. The quantitative estimate of drug-likeness (QED) is 0.470. The minimum Gasteiger partial charge on any atom is -0.506 e. The highest BCUT2D eigenvalue weighted by molar-refractivity contribution is 6.32. The summed E-state index contributed by atoms with van der Waals surface area (Å²) in [7, 11) is 1.61. The lowest BCUT2D eigenvalue weighted by molar-refractivity contribution is 0.311. The maximum Gasteiger partial charge on any atom is 0.182 e. The van der Waals surface area contributed by atoms with Crippen LogP contribution in [0.5, 0.6) is 17.2 Å². The Hall–Kier alpha value is -2.70. The van der Waals surface area contributed by atoms with Crippen molar-refractivity contribution in [2.24, 2.45) is 0 Å². The molecule has 0 radical (unpaired) electrons. The van der Waals surface area contributed by atoms with Gasteiger partial charge in [0.05, 0.1) is 24.4 Å². The fourth-order valence-electron chi connectivity index (χ4n) is 3.25. The topological polar surface area (TPSA) is 80.3 Å². The van der Waals surface area contributed by atoms with E-state index in [0.717, 1.165) is 27.4 Å². The predicted octanol–water partition coefficient (Wildman–Crippen LogP) is 5.27. The number of pyridine rings is 1.